The highest BCUT2D eigenvalue weighted by molar-refractivity contribution is 8.00. The number of rotatable bonds is 6. The molecule has 0 aliphatic rings. The van der Waals surface area contributed by atoms with Crippen molar-refractivity contribution in [3.05, 3.63) is 60.2 Å². The highest BCUT2D eigenvalue weighted by Crippen LogP contribution is 2.08. The van der Waals surface area contributed by atoms with Gasteiger partial charge in [0.2, 0.25) is 11.8 Å². The first-order chi connectivity index (χ1) is 12.5. The number of carbonyl (C=O) groups is 2. The van der Waals surface area contributed by atoms with Crippen LogP contribution in [-0.4, -0.2) is 28.4 Å². The number of amides is 2. The van der Waals surface area contributed by atoms with Crippen molar-refractivity contribution in [3.8, 4) is 0 Å². The standard InChI is InChI=1S/C18H20N4O2S2/c1-13-7-9-15(10-8-13)20-18(25)22-21-17(24)12-26-11-16(23)19-14-5-3-2-4-6-14/h2-10H,11-12H2,1H3,(H,19,23)(H,21,24)(H2,20,22,25). The highest BCUT2D eigenvalue weighted by atomic mass is 32.2. The Morgan fingerprint density at radius 2 is 1.46 bits per heavy atom. The number of hydrogen-bond acceptors (Lipinski definition) is 4. The van der Waals surface area contributed by atoms with E-state index in [0.29, 0.717) is 0 Å². The van der Waals surface area contributed by atoms with Gasteiger partial charge in [0.1, 0.15) is 0 Å². The molecule has 26 heavy (non-hydrogen) atoms. The van der Waals surface area contributed by atoms with E-state index in [1.54, 1.807) is 12.1 Å². The predicted octanol–water partition coefficient (Wildman–Crippen LogP) is 2.68. The Kier molecular flexibility index (Phi) is 7.91. The van der Waals surface area contributed by atoms with E-state index in [-0.39, 0.29) is 28.4 Å². The predicted molar refractivity (Wildman–Crippen MR) is 111 cm³/mol. The zero-order valence-corrected chi connectivity index (χ0v) is 15.9. The van der Waals surface area contributed by atoms with E-state index in [1.807, 2.05) is 49.4 Å². The number of hydrogen-bond donors (Lipinski definition) is 4. The molecule has 0 saturated carbocycles. The number of benzene rings is 2. The second-order valence-electron chi connectivity index (χ2n) is 5.40. The number of carbonyl (C=O) groups excluding carboxylic acids is 2. The van der Waals surface area contributed by atoms with E-state index in [2.05, 4.69) is 21.5 Å². The molecule has 0 spiro atoms. The second-order valence-corrected chi connectivity index (χ2v) is 6.79. The summed E-state index contributed by atoms with van der Waals surface area (Å²) in [6.45, 7) is 2.00. The molecule has 0 aromatic heterocycles. The molecule has 0 aliphatic carbocycles. The molecule has 0 heterocycles. The maximum absolute atomic E-state index is 11.8. The molecule has 6 nitrogen and oxygen atoms in total. The largest absolute Gasteiger partial charge is 0.331 e. The van der Waals surface area contributed by atoms with E-state index in [4.69, 9.17) is 12.2 Å². The second kappa shape index (κ2) is 10.4. The van der Waals surface area contributed by atoms with Gasteiger partial charge in [-0.2, -0.15) is 0 Å². The Balaban J connectivity index is 1.60. The van der Waals surface area contributed by atoms with Gasteiger partial charge < -0.3 is 10.6 Å². The minimum Gasteiger partial charge on any atom is -0.331 e. The molecule has 4 N–H and O–H groups in total. The van der Waals surface area contributed by atoms with Crippen LogP contribution in [0.15, 0.2) is 54.6 Å². The van der Waals surface area contributed by atoms with Gasteiger partial charge in [-0.1, -0.05) is 35.9 Å². The summed E-state index contributed by atoms with van der Waals surface area (Å²) in [5, 5.41) is 6.01. The molecular weight excluding hydrogens is 368 g/mol. The molecule has 0 bridgehead atoms. The van der Waals surface area contributed by atoms with Crippen molar-refractivity contribution < 1.29 is 9.59 Å². The molecule has 0 aliphatic heterocycles. The fourth-order valence-corrected chi connectivity index (χ4v) is 2.70. The molecule has 8 heteroatoms. The van der Waals surface area contributed by atoms with Crippen molar-refractivity contribution in [2.45, 2.75) is 6.92 Å². The average molecular weight is 389 g/mol. The average Bonchev–Trinajstić information content (AvgIpc) is 2.63. The van der Waals surface area contributed by atoms with Gasteiger partial charge in [-0.15, -0.1) is 11.8 Å². The van der Waals surface area contributed by atoms with Crippen LogP contribution in [0.5, 0.6) is 0 Å². The van der Waals surface area contributed by atoms with Gasteiger partial charge in [-0.05, 0) is 43.4 Å². The van der Waals surface area contributed by atoms with Gasteiger partial charge in [-0.25, -0.2) is 0 Å². The lowest BCUT2D eigenvalue weighted by molar-refractivity contribution is -0.119. The summed E-state index contributed by atoms with van der Waals surface area (Å²) in [7, 11) is 0. The Hall–Kier alpha value is -2.58. The molecule has 0 saturated heterocycles. The zero-order chi connectivity index (χ0) is 18.8. The number of para-hydroxylation sites is 1. The van der Waals surface area contributed by atoms with Crippen LogP contribution in [0, 0.1) is 6.92 Å². The minimum atomic E-state index is -0.268. The number of thiocarbonyl (C=S) groups is 1. The molecule has 2 aromatic carbocycles. The van der Waals surface area contributed by atoms with Crippen LogP contribution in [0.1, 0.15) is 5.56 Å². The van der Waals surface area contributed by atoms with Crippen LogP contribution in [0.4, 0.5) is 11.4 Å². The van der Waals surface area contributed by atoms with Gasteiger partial charge in [0.05, 0.1) is 11.5 Å². The maximum atomic E-state index is 11.8. The topological polar surface area (TPSA) is 82.3 Å². The Labute approximate surface area is 162 Å². The van der Waals surface area contributed by atoms with Crippen LogP contribution in [0.3, 0.4) is 0 Å². The first kappa shape index (κ1) is 19.7. The number of aryl methyl sites for hydroxylation is 1. The van der Waals surface area contributed by atoms with Gasteiger partial charge in [-0.3, -0.25) is 20.4 Å². The van der Waals surface area contributed by atoms with Crippen molar-refractivity contribution in [3.63, 3.8) is 0 Å². The first-order valence-electron chi connectivity index (χ1n) is 7.88. The molecule has 0 fully saturated rings. The molecule has 136 valence electrons. The monoisotopic (exact) mass is 388 g/mol. The van der Waals surface area contributed by atoms with Crippen molar-refractivity contribution in [2.24, 2.45) is 0 Å². The van der Waals surface area contributed by atoms with Crippen LogP contribution in [-0.2, 0) is 9.59 Å². The number of thioether (sulfide) groups is 1. The van der Waals surface area contributed by atoms with Crippen molar-refractivity contribution >= 4 is 52.3 Å². The quantitative estimate of drug-likeness (QED) is 0.450. The number of nitrogens with one attached hydrogen (secondary N) is 4. The molecular formula is C18H20N4O2S2. The smallest absolute Gasteiger partial charge is 0.248 e. The van der Waals surface area contributed by atoms with Crippen LogP contribution in [0.25, 0.3) is 0 Å². The third kappa shape index (κ3) is 7.54. The molecule has 0 unspecified atom stereocenters. The van der Waals surface area contributed by atoms with E-state index >= 15 is 0 Å². The van der Waals surface area contributed by atoms with E-state index in [0.717, 1.165) is 16.9 Å². The molecule has 2 aromatic rings. The van der Waals surface area contributed by atoms with Crippen LogP contribution >= 0.6 is 24.0 Å². The summed E-state index contributed by atoms with van der Waals surface area (Å²) in [5.41, 5.74) is 7.83. The summed E-state index contributed by atoms with van der Waals surface area (Å²) in [6.07, 6.45) is 0. The van der Waals surface area contributed by atoms with Gasteiger partial charge in [0.15, 0.2) is 5.11 Å². The van der Waals surface area contributed by atoms with Crippen LogP contribution < -0.4 is 21.5 Å². The fraction of sp³-hybridized carbons (Fsp3) is 0.167. The summed E-state index contributed by atoms with van der Waals surface area (Å²) >= 11 is 6.32. The number of hydrazine groups is 1. The van der Waals surface area contributed by atoms with Gasteiger partial charge >= 0.3 is 0 Å². The summed E-state index contributed by atoms with van der Waals surface area (Å²) < 4.78 is 0. The molecule has 0 atom stereocenters. The SMILES string of the molecule is Cc1ccc(NC(=S)NNC(=O)CSCC(=O)Nc2ccccc2)cc1. The normalized spacial score (nSPS) is 9.88. The Morgan fingerprint density at radius 1 is 0.846 bits per heavy atom. The van der Waals surface area contributed by atoms with E-state index in [9.17, 15) is 9.59 Å². The van der Waals surface area contributed by atoms with Gasteiger partial charge in [0, 0.05) is 11.4 Å². The number of anilines is 2. The highest BCUT2D eigenvalue weighted by Gasteiger charge is 2.06. The molecule has 0 radical (unpaired) electrons. The maximum Gasteiger partial charge on any atom is 0.248 e. The fourth-order valence-electron chi connectivity index (χ4n) is 1.92. The van der Waals surface area contributed by atoms with Crippen LogP contribution in [0.2, 0.25) is 0 Å². The lowest BCUT2D eigenvalue weighted by Crippen LogP contribution is -2.44. The van der Waals surface area contributed by atoms with Gasteiger partial charge in [0.25, 0.3) is 0 Å². The van der Waals surface area contributed by atoms with Crippen molar-refractivity contribution in [2.75, 3.05) is 22.1 Å². The van der Waals surface area contributed by atoms with E-state index in [1.165, 1.54) is 11.8 Å². The van der Waals surface area contributed by atoms with Crippen molar-refractivity contribution in [1.82, 2.24) is 10.9 Å². The molecule has 2 amide bonds. The molecule has 2 rings (SSSR count). The van der Waals surface area contributed by atoms with E-state index < -0.39 is 0 Å². The lowest BCUT2D eigenvalue weighted by Gasteiger charge is -2.11. The zero-order valence-electron chi connectivity index (χ0n) is 14.2. The third-order valence-electron chi connectivity index (χ3n) is 3.15. The minimum absolute atomic E-state index is 0.141. The summed E-state index contributed by atoms with van der Waals surface area (Å²) in [6, 6.07) is 16.9. The Bertz CT molecular complexity index is 752. The van der Waals surface area contributed by atoms with Crippen molar-refractivity contribution in [1.29, 1.82) is 0 Å². The Morgan fingerprint density at radius 3 is 2.15 bits per heavy atom. The first-order valence-corrected chi connectivity index (χ1v) is 9.44. The third-order valence-corrected chi connectivity index (χ3v) is 4.29. The lowest BCUT2D eigenvalue weighted by atomic mass is 10.2. The summed E-state index contributed by atoms with van der Waals surface area (Å²) in [5.74, 6) is -0.0921. The summed E-state index contributed by atoms with van der Waals surface area (Å²) in [4.78, 5) is 23.5.